The van der Waals surface area contributed by atoms with Crippen molar-refractivity contribution in [3.05, 3.63) is 77.9 Å². The van der Waals surface area contributed by atoms with Crippen molar-refractivity contribution in [2.75, 3.05) is 6.54 Å². The van der Waals surface area contributed by atoms with E-state index < -0.39 is 0 Å². The molecule has 0 saturated heterocycles. The maximum atomic E-state index is 12.4. The first-order valence-electron chi connectivity index (χ1n) is 9.47. The summed E-state index contributed by atoms with van der Waals surface area (Å²) in [6, 6.07) is 20.1. The molecule has 1 heterocycles. The molecule has 0 radical (unpaired) electrons. The van der Waals surface area contributed by atoms with Crippen LogP contribution in [-0.2, 0) is 12.8 Å². The smallest absolute Gasteiger partial charge is 0.290 e. The number of benzene rings is 2. The number of nitrogens with zero attached hydrogens (tertiary/aromatic N) is 3. The van der Waals surface area contributed by atoms with Crippen LogP contribution >= 0.6 is 0 Å². The highest BCUT2D eigenvalue weighted by Crippen LogP contribution is 2.13. The van der Waals surface area contributed by atoms with E-state index in [-0.39, 0.29) is 11.7 Å². The fourth-order valence-corrected chi connectivity index (χ4v) is 2.83. The Morgan fingerprint density at radius 3 is 2.33 bits per heavy atom. The van der Waals surface area contributed by atoms with E-state index in [0.717, 1.165) is 24.4 Å². The van der Waals surface area contributed by atoms with Gasteiger partial charge in [0.25, 0.3) is 5.91 Å². The van der Waals surface area contributed by atoms with E-state index in [1.165, 1.54) is 5.56 Å². The van der Waals surface area contributed by atoms with Crippen molar-refractivity contribution >= 4 is 5.91 Å². The van der Waals surface area contributed by atoms with Gasteiger partial charge in [-0.15, -0.1) is 5.10 Å². The van der Waals surface area contributed by atoms with Crippen LogP contribution in [0.3, 0.4) is 0 Å². The van der Waals surface area contributed by atoms with Gasteiger partial charge in [0.2, 0.25) is 5.82 Å². The summed E-state index contributed by atoms with van der Waals surface area (Å²) in [7, 11) is 0. The van der Waals surface area contributed by atoms with Crippen LogP contribution in [0.1, 0.15) is 42.3 Å². The zero-order chi connectivity index (χ0) is 19.1. The van der Waals surface area contributed by atoms with Crippen molar-refractivity contribution in [2.24, 2.45) is 5.92 Å². The number of rotatable bonds is 8. The van der Waals surface area contributed by atoms with Gasteiger partial charge in [0.1, 0.15) is 5.82 Å². The first kappa shape index (κ1) is 18.8. The molecule has 0 unspecified atom stereocenters. The van der Waals surface area contributed by atoms with Crippen LogP contribution in [-0.4, -0.2) is 27.2 Å². The second-order valence-electron chi connectivity index (χ2n) is 7.02. The summed E-state index contributed by atoms with van der Waals surface area (Å²) in [5.74, 6) is 1.34. The molecule has 0 bridgehead atoms. The summed E-state index contributed by atoms with van der Waals surface area (Å²) in [6.07, 6.45) is 2.50. The number of hydrogen-bond acceptors (Lipinski definition) is 3. The van der Waals surface area contributed by atoms with Crippen LogP contribution in [0.25, 0.3) is 5.69 Å². The molecule has 0 aliphatic heterocycles. The number of nitrogens with one attached hydrogen (secondary N) is 1. The Morgan fingerprint density at radius 1 is 1.00 bits per heavy atom. The minimum absolute atomic E-state index is 0.216. The second kappa shape index (κ2) is 9.12. The number of hydrogen-bond donors (Lipinski definition) is 1. The molecule has 0 atom stereocenters. The standard InChI is InChI=1S/C22H26N4O/c1-17(2)15-16-23-22(27)21-24-20(14-13-18-9-5-3-6-10-18)26(25-21)19-11-7-4-8-12-19/h3-12,17H,13-16H2,1-2H3,(H,23,27). The van der Waals surface area contributed by atoms with Gasteiger partial charge in [-0.3, -0.25) is 4.79 Å². The van der Waals surface area contributed by atoms with Gasteiger partial charge in [0.15, 0.2) is 0 Å². The van der Waals surface area contributed by atoms with E-state index in [4.69, 9.17) is 0 Å². The first-order chi connectivity index (χ1) is 13.1. The Hall–Kier alpha value is -2.95. The first-order valence-corrected chi connectivity index (χ1v) is 9.47. The topological polar surface area (TPSA) is 59.8 Å². The highest BCUT2D eigenvalue weighted by molar-refractivity contribution is 5.90. The van der Waals surface area contributed by atoms with E-state index in [1.54, 1.807) is 4.68 Å². The molecule has 1 aromatic heterocycles. The summed E-state index contributed by atoms with van der Waals surface area (Å²) >= 11 is 0. The highest BCUT2D eigenvalue weighted by Gasteiger charge is 2.17. The van der Waals surface area contributed by atoms with Crippen LogP contribution in [0, 0.1) is 5.92 Å². The molecular formula is C22H26N4O. The molecule has 2 aromatic carbocycles. The third-order valence-corrected chi connectivity index (χ3v) is 4.37. The Balaban J connectivity index is 1.79. The lowest BCUT2D eigenvalue weighted by atomic mass is 10.1. The molecule has 1 N–H and O–H groups in total. The van der Waals surface area contributed by atoms with Crippen molar-refractivity contribution in [1.29, 1.82) is 0 Å². The Bertz CT molecular complexity index is 857. The molecule has 0 aliphatic carbocycles. The number of para-hydroxylation sites is 1. The Kier molecular flexibility index (Phi) is 6.36. The van der Waals surface area contributed by atoms with Crippen LogP contribution in [0.2, 0.25) is 0 Å². The normalized spacial score (nSPS) is 10.9. The van der Waals surface area contributed by atoms with Gasteiger partial charge in [-0.1, -0.05) is 62.4 Å². The summed E-state index contributed by atoms with van der Waals surface area (Å²) in [6.45, 7) is 4.90. The molecule has 3 aromatic rings. The Labute approximate surface area is 160 Å². The molecule has 0 spiro atoms. The molecule has 0 saturated carbocycles. The quantitative estimate of drug-likeness (QED) is 0.662. The van der Waals surface area contributed by atoms with E-state index >= 15 is 0 Å². The summed E-state index contributed by atoms with van der Waals surface area (Å²) in [4.78, 5) is 17.0. The monoisotopic (exact) mass is 362 g/mol. The third kappa shape index (κ3) is 5.26. The zero-order valence-corrected chi connectivity index (χ0v) is 15.9. The molecule has 1 amide bonds. The lowest BCUT2D eigenvalue weighted by molar-refractivity contribution is 0.0941. The van der Waals surface area contributed by atoms with Gasteiger partial charge in [0, 0.05) is 13.0 Å². The molecule has 0 aliphatic rings. The van der Waals surface area contributed by atoms with Gasteiger partial charge in [-0.2, -0.15) is 0 Å². The second-order valence-corrected chi connectivity index (χ2v) is 7.02. The average molecular weight is 362 g/mol. The SMILES string of the molecule is CC(C)CCNC(=O)c1nc(CCc2ccccc2)n(-c2ccccc2)n1. The molecular weight excluding hydrogens is 336 g/mol. The molecule has 0 fully saturated rings. The fraction of sp³-hybridized carbons (Fsp3) is 0.318. The van der Waals surface area contributed by atoms with E-state index in [2.05, 4.69) is 41.4 Å². The summed E-state index contributed by atoms with van der Waals surface area (Å²) in [5, 5.41) is 7.40. The minimum atomic E-state index is -0.216. The van der Waals surface area contributed by atoms with E-state index in [9.17, 15) is 4.79 Å². The third-order valence-electron chi connectivity index (χ3n) is 4.37. The van der Waals surface area contributed by atoms with Crippen molar-refractivity contribution in [2.45, 2.75) is 33.1 Å². The van der Waals surface area contributed by atoms with Gasteiger partial charge in [-0.25, -0.2) is 9.67 Å². The number of aryl methyl sites for hydroxylation is 2. The van der Waals surface area contributed by atoms with Crippen molar-refractivity contribution in [3.8, 4) is 5.69 Å². The van der Waals surface area contributed by atoms with E-state index in [1.807, 2.05) is 48.5 Å². The molecule has 140 valence electrons. The fourth-order valence-electron chi connectivity index (χ4n) is 2.83. The van der Waals surface area contributed by atoms with Crippen LogP contribution in [0.5, 0.6) is 0 Å². The van der Waals surface area contributed by atoms with Gasteiger partial charge in [-0.05, 0) is 36.5 Å². The van der Waals surface area contributed by atoms with E-state index in [0.29, 0.717) is 18.9 Å². The van der Waals surface area contributed by atoms with Gasteiger partial charge in [0.05, 0.1) is 5.69 Å². The predicted molar refractivity (Wildman–Crippen MR) is 107 cm³/mol. The molecule has 5 nitrogen and oxygen atoms in total. The maximum absolute atomic E-state index is 12.4. The highest BCUT2D eigenvalue weighted by atomic mass is 16.2. The lowest BCUT2D eigenvalue weighted by Crippen LogP contribution is -2.26. The summed E-state index contributed by atoms with van der Waals surface area (Å²) < 4.78 is 1.78. The largest absolute Gasteiger partial charge is 0.349 e. The van der Waals surface area contributed by atoms with Crippen molar-refractivity contribution in [1.82, 2.24) is 20.1 Å². The maximum Gasteiger partial charge on any atom is 0.290 e. The number of aromatic nitrogens is 3. The van der Waals surface area contributed by atoms with Crippen molar-refractivity contribution in [3.63, 3.8) is 0 Å². The number of carbonyl (C=O) groups excluding carboxylic acids is 1. The number of carbonyl (C=O) groups is 1. The van der Waals surface area contributed by atoms with Crippen LogP contribution < -0.4 is 5.32 Å². The predicted octanol–water partition coefficient (Wildman–Crippen LogP) is 3.83. The van der Waals surface area contributed by atoms with Crippen LogP contribution in [0.15, 0.2) is 60.7 Å². The molecule has 3 rings (SSSR count). The molecule has 27 heavy (non-hydrogen) atoms. The minimum Gasteiger partial charge on any atom is -0.349 e. The lowest BCUT2D eigenvalue weighted by Gasteiger charge is -2.05. The van der Waals surface area contributed by atoms with Crippen molar-refractivity contribution < 1.29 is 4.79 Å². The summed E-state index contributed by atoms with van der Waals surface area (Å²) in [5.41, 5.74) is 2.15. The molecule has 5 heteroatoms. The number of amides is 1. The van der Waals surface area contributed by atoms with Gasteiger partial charge < -0.3 is 5.32 Å². The zero-order valence-electron chi connectivity index (χ0n) is 15.9. The van der Waals surface area contributed by atoms with Gasteiger partial charge >= 0.3 is 0 Å². The Morgan fingerprint density at radius 2 is 1.67 bits per heavy atom. The average Bonchev–Trinajstić information content (AvgIpc) is 3.12. The van der Waals surface area contributed by atoms with Crippen LogP contribution in [0.4, 0.5) is 0 Å².